The molecule has 2 aliphatic rings. The number of fused-ring (bicyclic) bond motifs is 1. The summed E-state index contributed by atoms with van der Waals surface area (Å²) in [7, 11) is 1.64. The van der Waals surface area contributed by atoms with Gasteiger partial charge >= 0.3 is 0 Å². The van der Waals surface area contributed by atoms with Gasteiger partial charge in [0.25, 0.3) is 0 Å². The molecule has 4 rings (SSSR count). The van der Waals surface area contributed by atoms with Gasteiger partial charge in [0.05, 0.1) is 12.8 Å². The normalized spacial score (nSPS) is 20.5. The van der Waals surface area contributed by atoms with Crippen LogP contribution in [-0.2, 0) is 17.9 Å². The van der Waals surface area contributed by atoms with Crippen LogP contribution in [0.2, 0.25) is 0 Å². The van der Waals surface area contributed by atoms with E-state index in [0.29, 0.717) is 19.0 Å². The molecule has 2 aliphatic heterocycles. The van der Waals surface area contributed by atoms with E-state index in [1.165, 1.54) is 0 Å². The van der Waals surface area contributed by atoms with Gasteiger partial charge in [0.2, 0.25) is 11.8 Å². The van der Waals surface area contributed by atoms with Crippen molar-refractivity contribution in [3.05, 3.63) is 41.9 Å². The Bertz CT molecular complexity index is 753. The van der Waals surface area contributed by atoms with E-state index < -0.39 is 0 Å². The number of pyridine rings is 1. The molecule has 0 saturated carbocycles. The second-order valence-electron chi connectivity index (χ2n) is 6.66. The van der Waals surface area contributed by atoms with Crippen molar-refractivity contribution >= 4 is 5.91 Å². The van der Waals surface area contributed by atoms with Gasteiger partial charge in [0, 0.05) is 50.7 Å². The molecule has 1 saturated heterocycles. The van der Waals surface area contributed by atoms with Crippen molar-refractivity contribution in [3.63, 3.8) is 0 Å². The van der Waals surface area contributed by atoms with E-state index >= 15 is 0 Å². The average molecular weight is 341 g/mol. The predicted molar refractivity (Wildman–Crippen MR) is 92.0 cm³/mol. The number of amides is 1. The molecule has 0 aliphatic carbocycles. The minimum atomic E-state index is -0.250. The van der Waals surface area contributed by atoms with Crippen molar-refractivity contribution in [1.82, 2.24) is 24.6 Å². The highest BCUT2D eigenvalue weighted by atomic mass is 16.5. The van der Waals surface area contributed by atoms with Crippen LogP contribution < -0.4 is 4.74 Å². The van der Waals surface area contributed by atoms with Crippen molar-refractivity contribution in [2.75, 3.05) is 26.7 Å². The lowest BCUT2D eigenvalue weighted by atomic mass is 10.1. The molecule has 4 heterocycles. The maximum Gasteiger partial charge on any atom is 0.248 e. The highest BCUT2D eigenvalue weighted by Gasteiger charge is 2.34. The van der Waals surface area contributed by atoms with Crippen molar-refractivity contribution < 1.29 is 9.53 Å². The zero-order valence-electron chi connectivity index (χ0n) is 14.5. The van der Waals surface area contributed by atoms with E-state index in [4.69, 9.17) is 4.74 Å². The first-order valence-electron chi connectivity index (χ1n) is 8.77. The summed E-state index contributed by atoms with van der Waals surface area (Å²) in [5, 5.41) is 4.41. The molecular formula is C18H23N5O2. The summed E-state index contributed by atoms with van der Waals surface area (Å²) in [5.74, 6) is 0.828. The zero-order valence-corrected chi connectivity index (χ0v) is 14.5. The number of aromatic nitrogens is 3. The number of methoxy groups -OCH3 is 1. The first-order valence-corrected chi connectivity index (χ1v) is 8.77. The van der Waals surface area contributed by atoms with E-state index in [2.05, 4.69) is 15.0 Å². The Hall–Kier alpha value is -2.41. The highest BCUT2D eigenvalue weighted by Crippen LogP contribution is 2.26. The molecule has 7 heteroatoms. The smallest absolute Gasteiger partial charge is 0.248 e. The van der Waals surface area contributed by atoms with E-state index in [0.717, 1.165) is 43.7 Å². The van der Waals surface area contributed by atoms with Gasteiger partial charge in [-0.05, 0) is 25.0 Å². The first-order chi connectivity index (χ1) is 12.3. The zero-order chi connectivity index (χ0) is 17.2. The Kier molecular flexibility index (Phi) is 4.40. The van der Waals surface area contributed by atoms with Gasteiger partial charge in [-0.25, -0.2) is 4.98 Å². The molecular weight excluding hydrogens is 318 g/mol. The maximum atomic E-state index is 13.0. The van der Waals surface area contributed by atoms with Crippen LogP contribution in [0.3, 0.4) is 0 Å². The fraction of sp³-hybridized carbons (Fsp3) is 0.500. The number of carbonyl (C=O) groups is 1. The van der Waals surface area contributed by atoms with Crippen molar-refractivity contribution in [2.24, 2.45) is 0 Å². The molecule has 0 aromatic carbocycles. The summed E-state index contributed by atoms with van der Waals surface area (Å²) in [5.41, 5.74) is 2.11. The molecule has 132 valence electrons. The SMILES string of the molecule is COc1ncccc1CN1Cc2ccnn2[C@H](C(=O)N2CCCC2)C1. The maximum absolute atomic E-state index is 13.0. The number of hydrogen-bond acceptors (Lipinski definition) is 5. The van der Waals surface area contributed by atoms with Crippen LogP contribution >= 0.6 is 0 Å². The van der Waals surface area contributed by atoms with Crippen LogP contribution in [0.4, 0.5) is 0 Å². The minimum absolute atomic E-state index is 0.185. The lowest BCUT2D eigenvalue weighted by molar-refractivity contribution is -0.135. The fourth-order valence-electron chi connectivity index (χ4n) is 3.78. The van der Waals surface area contributed by atoms with Gasteiger partial charge in [-0.1, -0.05) is 6.07 Å². The number of ether oxygens (including phenoxy) is 1. The summed E-state index contributed by atoms with van der Waals surface area (Å²) >= 11 is 0. The molecule has 0 unspecified atom stereocenters. The number of nitrogens with zero attached hydrogens (tertiary/aromatic N) is 5. The molecule has 1 fully saturated rings. The van der Waals surface area contributed by atoms with Gasteiger partial charge in [0.15, 0.2) is 0 Å². The summed E-state index contributed by atoms with van der Waals surface area (Å²) in [4.78, 5) is 21.5. The molecule has 0 radical (unpaired) electrons. The largest absolute Gasteiger partial charge is 0.481 e. The Morgan fingerprint density at radius 3 is 2.92 bits per heavy atom. The third-order valence-electron chi connectivity index (χ3n) is 5.00. The van der Waals surface area contributed by atoms with E-state index in [-0.39, 0.29) is 11.9 Å². The highest BCUT2D eigenvalue weighted by molar-refractivity contribution is 5.81. The molecule has 1 atom stereocenters. The van der Waals surface area contributed by atoms with Gasteiger partial charge in [-0.15, -0.1) is 0 Å². The standard InChI is InChI=1S/C18H23N5O2/c1-25-17-14(5-4-7-19-17)11-21-12-15-6-8-20-23(15)16(13-21)18(24)22-9-2-3-10-22/h4-8,16H,2-3,9-13H2,1H3/t16-/m0/s1. The van der Waals surface area contributed by atoms with Crippen LogP contribution in [0.15, 0.2) is 30.6 Å². The van der Waals surface area contributed by atoms with Crippen LogP contribution in [-0.4, -0.2) is 57.2 Å². The van der Waals surface area contributed by atoms with Crippen LogP contribution in [0, 0.1) is 0 Å². The molecule has 2 aromatic rings. The number of carbonyl (C=O) groups excluding carboxylic acids is 1. The Morgan fingerprint density at radius 2 is 2.12 bits per heavy atom. The average Bonchev–Trinajstić information content (AvgIpc) is 3.32. The van der Waals surface area contributed by atoms with Crippen molar-refractivity contribution in [1.29, 1.82) is 0 Å². The van der Waals surface area contributed by atoms with Crippen LogP contribution in [0.25, 0.3) is 0 Å². The lowest BCUT2D eigenvalue weighted by Crippen LogP contribution is -2.45. The van der Waals surface area contributed by atoms with Gasteiger partial charge < -0.3 is 9.64 Å². The third-order valence-corrected chi connectivity index (χ3v) is 5.00. The molecule has 7 nitrogen and oxygen atoms in total. The molecule has 0 N–H and O–H groups in total. The van der Waals surface area contributed by atoms with E-state index in [1.54, 1.807) is 19.5 Å². The van der Waals surface area contributed by atoms with E-state index in [9.17, 15) is 4.79 Å². The number of likely N-dealkylation sites (tertiary alicyclic amines) is 1. The Morgan fingerprint density at radius 1 is 1.28 bits per heavy atom. The summed E-state index contributed by atoms with van der Waals surface area (Å²) in [6, 6.07) is 5.68. The summed E-state index contributed by atoms with van der Waals surface area (Å²) in [6.45, 7) is 3.85. The van der Waals surface area contributed by atoms with Gasteiger partial charge in [-0.2, -0.15) is 5.10 Å². The molecule has 2 aromatic heterocycles. The van der Waals surface area contributed by atoms with Crippen LogP contribution in [0.1, 0.15) is 30.1 Å². The second-order valence-corrected chi connectivity index (χ2v) is 6.66. The third kappa shape index (κ3) is 3.11. The summed E-state index contributed by atoms with van der Waals surface area (Å²) < 4.78 is 7.27. The Balaban J connectivity index is 1.56. The predicted octanol–water partition coefficient (Wildman–Crippen LogP) is 1.47. The minimum Gasteiger partial charge on any atom is -0.481 e. The monoisotopic (exact) mass is 341 g/mol. The fourth-order valence-corrected chi connectivity index (χ4v) is 3.78. The topological polar surface area (TPSA) is 63.5 Å². The molecule has 1 amide bonds. The summed E-state index contributed by atoms with van der Waals surface area (Å²) in [6.07, 6.45) is 5.71. The van der Waals surface area contributed by atoms with Crippen LogP contribution in [0.5, 0.6) is 5.88 Å². The van der Waals surface area contributed by atoms with Gasteiger partial charge in [-0.3, -0.25) is 14.4 Å². The Labute approximate surface area is 147 Å². The molecule has 25 heavy (non-hydrogen) atoms. The molecule has 0 spiro atoms. The number of hydrogen-bond donors (Lipinski definition) is 0. The van der Waals surface area contributed by atoms with Crippen molar-refractivity contribution in [3.8, 4) is 5.88 Å². The first kappa shape index (κ1) is 16.1. The molecule has 0 bridgehead atoms. The quantitative estimate of drug-likeness (QED) is 0.843. The number of rotatable bonds is 4. The van der Waals surface area contributed by atoms with Crippen molar-refractivity contribution in [2.45, 2.75) is 32.0 Å². The van der Waals surface area contributed by atoms with Gasteiger partial charge in [0.1, 0.15) is 6.04 Å². The van der Waals surface area contributed by atoms with E-state index in [1.807, 2.05) is 27.8 Å². The second kappa shape index (κ2) is 6.84. The lowest BCUT2D eigenvalue weighted by Gasteiger charge is -2.35.